The molecule has 0 aliphatic heterocycles. The molecule has 0 amide bonds. The molecule has 51 heavy (non-hydrogen) atoms. The summed E-state index contributed by atoms with van der Waals surface area (Å²) in [5, 5.41) is 3.61. The first-order valence-corrected chi connectivity index (χ1v) is 17.4. The van der Waals surface area contributed by atoms with Crippen LogP contribution in [-0.2, 0) is 0 Å². The van der Waals surface area contributed by atoms with Gasteiger partial charge in [-0.05, 0) is 88.0 Å². The number of hydrogen-bond acceptors (Lipinski definition) is 2. The third-order valence-electron chi connectivity index (χ3n) is 9.87. The fourth-order valence-corrected chi connectivity index (χ4v) is 7.22. The number of nitrogens with zero attached hydrogens (tertiary/aromatic N) is 1. The number of anilines is 3. The van der Waals surface area contributed by atoms with Gasteiger partial charge in [0.2, 0.25) is 0 Å². The Kier molecular flexibility index (Phi) is 7.75. The molecule has 0 N–H and O–H groups in total. The van der Waals surface area contributed by atoms with Crippen molar-refractivity contribution in [2.75, 3.05) is 4.90 Å². The second-order valence-corrected chi connectivity index (χ2v) is 13.0. The van der Waals surface area contributed by atoms with E-state index < -0.39 is 0 Å². The number of benzene rings is 8. The molecule has 1 heterocycles. The van der Waals surface area contributed by atoms with E-state index in [0.29, 0.717) is 0 Å². The van der Waals surface area contributed by atoms with Crippen LogP contribution in [0.3, 0.4) is 0 Å². The average molecular weight is 654 g/mol. The highest BCUT2D eigenvalue weighted by Crippen LogP contribution is 2.42. The van der Waals surface area contributed by atoms with Crippen molar-refractivity contribution in [1.82, 2.24) is 0 Å². The van der Waals surface area contributed by atoms with Gasteiger partial charge in [0.1, 0.15) is 11.3 Å². The third-order valence-corrected chi connectivity index (χ3v) is 9.87. The van der Waals surface area contributed by atoms with Crippen molar-refractivity contribution in [2.24, 2.45) is 0 Å². The van der Waals surface area contributed by atoms with Crippen LogP contribution in [0.15, 0.2) is 199 Å². The molecule has 0 unspecified atom stereocenters. The van der Waals surface area contributed by atoms with E-state index in [2.05, 4.69) is 194 Å². The molecule has 0 saturated carbocycles. The standard InChI is InChI=1S/C49H35NO/c1-34-45-18-8-10-21-48(45)51-49(34)42-17-11-16-40(32-42)38-24-22-36(23-25-38)37-26-29-43(30-27-37)50(44-31-28-35-12-5-6-15-41(35)33-44)47-20-9-7-19-46(47)39-13-3-2-4-14-39/h2-33H,1H3. The lowest BCUT2D eigenvalue weighted by Gasteiger charge is -2.28. The summed E-state index contributed by atoms with van der Waals surface area (Å²) in [4.78, 5) is 2.37. The zero-order valence-electron chi connectivity index (χ0n) is 28.3. The Morgan fingerprint density at radius 1 is 0.392 bits per heavy atom. The first-order valence-electron chi connectivity index (χ1n) is 17.4. The Balaban J connectivity index is 1.05. The first-order chi connectivity index (χ1) is 25.2. The summed E-state index contributed by atoms with van der Waals surface area (Å²) in [6.07, 6.45) is 0. The fraction of sp³-hybridized carbons (Fsp3) is 0.0204. The van der Waals surface area contributed by atoms with Gasteiger partial charge in [0, 0.05) is 33.5 Å². The maximum atomic E-state index is 6.28. The van der Waals surface area contributed by atoms with Crippen molar-refractivity contribution < 1.29 is 4.42 Å². The topological polar surface area (TPSA) is 16.4 Å². The monoisotopic (exact) mass is 653 g/mol. The van der Waals surface area contributed by atoms with Crippen LogP contribution < -0.4 is 4.90 Å². The molecule has 0 spiro atoms. The molecule has 0 fully saturated rings. The van der Waals surface area contributed by atoms with Crippen LogP contribution >= 0.6 is 0 Å². The first kappa shape index (κ1) is 30.4. The molecule has 9 aromatic rings. The number of furan rings is 1. The predicted octanol–water partition coefficient (Wildman–Crippen LogP) is 14.0. The minimum Gasteiger partial charge on any atom is -0.456 e. The molecule has 0 bridgehead atoms. The maximum Gasteiger partial charge on any atom is 0.138 e. The summed E-state index contributed by atoms with van der Waals surface area (Å²) in [5.41, 5.74) is 13.6. The van der Waals surface area contributed by atoms with Crippen molar-refractivity contribution in [3.63, 3.8) is 0 Å². The molecule has 9 rings (SSSR count). The van der Waals surface area contributed by atoms with Gasteiger partial charge in [-0.15, -0.1) is 0 Å². The Labute approximate surface area is 298 Å². The number of aryl methyl sites for hydroxylation is 1. The van der Waals surface area contributed by atoms with Crippen LogP contribution in [0.2, 0.25) is 0 Å². The second-order valence-electron chi connectivity index (χ2n) is 13.0. The van der Waals surface area contributed by atoms with Crippen molar-refractivity contribution in [3.8, 4) is 44.7 Å². The summed E-state index contributed by atoms with van der Waals surface area (Å²) in [6.45, 7) is 2.14. The number of fused-ring (bicyclic) bond motifs is 2. The Hall–Kier alpha value is -6.64. The van der Waals surface area contributed by atoms with Gasteiger partial charge in [0.05, 0.1) is 5.69 Å². The summed E-state index contributed by atoms with van der Waals surface area (Å²) in [7, 11) is 0. The van der Waals surface area contributed by atoms with Gasteiger partial charge in [-0.1, -0.05) is 152 Å². The normalized spacial score (nSPS) is 11.2. The molecule has 2 nitrogen and oxygen atoms in total. The fourth-order valence-electron chi connectivity index (χ4n) is 7.22. The summed E-state index contributed by atoms with van der Waals surface area (Å²) in [5.74, 6) is 0.930. The van der Waals surface area contributed by atoms with Crippen LogP contribution in [0.4, 0.5) is 17.1 Å². The quantitative estimate of drug-likeness (QED) is 0.170. The Morgan fingerprint density at radius 3 is 1.76 bits per heavy atom. The summed E-state index contributed by atoms with van der Waals surface area (Å²) < 4.78 is 6.28. The Morgan fingerprint density at radius 2 is 0.980 bits per heavy atom. The molecule has 0 aliphatic carbocycles. The van der Waals surface area contributed by atoms with E-state index in [4.69, 9.17) is 4.42 Å². The van der Waals surface area contributed by atoms with Gasteiger partial charge in [0.25, 0.3) is 0 Å². The van der Waals surface area contributed by atoms with E-state index in [0.717, 1.165) is 44.9 Å². The van der Waals surface area contributed by atoms with E-state index >= 15 is 0 Å². The van der Waals surface area contributed by atoms with Crippen LogP contribution in [-0.4, -0.2) is 0 Å². The molecule has 0 atom stereocenters. The maximum absolute atomic E-state index is 6.28. The lowest BCUT2D eigenvalue weighted by molar-refractivity contribution is 0.629. The van der Waals surface area contributed by atoms with Crippen LogP contribution in [0.5, 0.6) is 0 Å². The minimum atomic E-state index is 0.923. The highest BCUT2D eigenvalue weighted by Gasteiger charge is 2.18. The van der Waals surface area contributed by atoms with Crippen LogP contribution in [0, 0.1) is 6.92 Å². The van der Waals surface area contributed by atoms with E-state index in [9.17, 15) is 0 Å². The van der Waals surface area contributed by atoms with E-state index in [-0.39, 0.29) is 0 Å². The van der Waals surface area contributed by atoms with Gasteiger partial charge in [-0.3, -0.25) is 0 Å². The van der Waals surface area contributed by atoms with E-state index in [1.807, 2.05) is 12.1 Å². The number of hydrogen-bond donors (Lipinski definition) is 0. The van der Waals surface area contributed by atoms with Crippen molar-refractivity contribution in [3.05, 3.63) is 200 Å². The van der Waals surface area contributed by atoms with Gasteiger partial charge in [-0.25, -0.2) is 0 Å². The zero-order valence-corrected chi connectivity index (χ0v) is 28.3. The molecule has 1 aromatic heterocycles. The highest BCUT2D eigenvalue weighted by molar-refractivity contribution is 5.93. The second kappa shape index (κ2) is 13.0. The van der Waals surface area contributed by atoms with E-state index in [1.165, 1.54) is 44.2 Å². The lowest BCUT2D eigenvalue weighted by Crippen LogP contribution is -2.11. The van der Waals surface area contributed by atoms with Gasteiger partial charge in [-0.2, -0.15) is 0 Å². The minimum absolute atomic E-state index is 0.923. The smallest absolute Gasteiger partial charge is 0.138 e. The van der Waals surface area contributed by atoms with Gasteiger partial charge < -0.3 is 9.32 Å². The summed E-state index contributed by atoms with van der Waals surface area (Å²) >= 11 is 0. The lowest BCUT2D eigenvalue weighted by atomic mass is 9.97. The molecule has 2 heteroatoms. The molecule has 0 radical (unpaired) electrons. The van der Waals surface area contributed by atoms with Crippen molar-refractivity contribution in [2.45, 2.75) is 6.92 Å². The number of para-hydroxylation sites is 2. The highest BCUT2D eigenvalue weighted by atomic mass is 16.3. The largest absolute Gasteiger partial charge is 0.456 e. The third kappa shape index (κ3) is 5.77. The SMILES string of the molecule is Cc1c(-c2cccc(-c3ccc(-c4ccc(N(c5ccc6ccccc6c5)c5ccccc5-c5ccccc5)cc4)cc3)c2)oc2ccccc12. The molecule has 242 valence electrons. The van der Waals surface area contributed by atoms with Crippen molar-refractivity contribution >= 4 is 38.8 Å². The molecular formula is C49H35NO. The van der Waals surface area contributed by atoms with Crippen molar-refractivity contribution in [1.29, 1.82) is 0 Å². The van der Waals surface area contributed by atoms with Crippen LogP contribution in [0.1, 0.15) is 5.56 Å². The predicted molar refractivity (Wildman–Crippen MR) is 215 cm³/mol. The van der Waals surface area contributed by atoms with Gasteiger partial charge >= 0.3 is 0 Å². The molecule has 8 aromatic carbocycles. The zero-order chi connectivity index (χ0) is 34.1. The average Bonchev–Trinajstić information content (AvgIpc) is 3.55. The summed E-state index contributed by atoms with van der Waals surface area (Å²) in [6, 6.07) is 69.2. The van der Waals surface area contributed by atoms with E-state index in [1.54, 1.807) is 0 Å². The molecule has 0 aliphatic rings. The Bertz CT molecular complexity index is 2630. The molecular weight excluding hydrogens is 619 g/mol. The molecule has 0 saturated heterocycles. The van der Waals surface area contributed by atoms with Crippen LogP contribution in [0.25, 0.3) is 66.4 Å². The number of rotatable bonds is 7. The van der Waals surface area contributed by atoms with Gasteiger partial charge in [0.15, 0.2) is 0 Å².